The number of nitrogens with one attached hydrogen (secondary N) is 1. The molecule has 0 unspecified atom stereocenters. The Morgan fingerprint density at radius 3 is 2.93 bits per heavy atom. The summed E-state index contributed by atoms with van der Waals surface area (Å²) in [4.78, 5) is 12.2. The minimum absolute atomic E-state index is 0.108. The Balaban J connectivity index is 1.36. The van der Waals surface area contributed by atoms with Crippen molar-refractivity contribution in [2.75, 3.05) is 6.61 Å². The fraction of sp³-hybridized carbons (Fsp3) is 0.158. The topological polar surface area (TPSA) is 95.1 Å². The lowest BCUT2D eigenvalue weighted by Gasteiger charge is -2.12. The maximum absolute atomic E-state index is 12.2. The van der Waals surface area contributed by atoms with Crippen LogP contribution in [0.15, 0.2) is 65.3 Å². The second-order valence-electron chi connectivity index (χ2n) is 6.02. The van der Waals surface area contributed by atoms with Crippen molar-refractivity contribution in [2.45, 2.75) is 13.0 Å². The monoisotopic (exact) mass is 363 g/mol. The van der Waals surface area contributed by atoms with Crippen molar-refractivity contribution in [2.24, 2.45) is 0 Å². The van der Waals surface area contributed by atoms with E-state index in [1.165, 1.54) is 11.0 Å². The average molecular weight is 363 g/mol. The molecule has 0 bridgehead atoms. The normalized spacial score (nSPS) is 12.0. The number of ether oxygens (including phenoxy) is 1. The van der Waals surface area contributed by atoms with Crippen molar-refractivity contribution in [1.29, 1.82) is 0 Å². The number of fused-ring (bicyclic) bond motifs is 1. The molecule has 0 saturated carbocycles. The van der Waals surface area contributed by atoms with Gasteiger partial charge in [-0.05, 0) is 41.6 Å². The van der Waals surface area contributed by atoms with E-state index in [4.69, 9.17) is 9.15 Å². The first-order chi connectivity index (χ1) is 13.2. The quantitative estimate of drug-likeness (QED) is 0.566. The minimum Gasteiger partial charge on any atom is -0.484 e. The van der Waals surface area contributed by atoms with Crippen LogP contribution < -0.4 is 10.1 Å². The van der Waals surface area contributed by atoms with Crippen molar-refractivity contribution in [3.05, 3.63) is 66.7 Å². The van der Waals surface area contributed by atoms with Crippen LogP contribution in [0.1, 0.15) is 18.7 Å². The number of carbonyl (C=O) groups excluding carboxylic acids is 1. The lowest BCUT2D eigenvalue weighted by molar-refractivity contribution is -0.123. The summed E-state index contributed by atoms with van der Waals surface area (Å²) >= 11 is 0. The number of tetrazole rings is 1. The third kappa shape index (κ3) is 3.79. The maximum atomic E-state index is 12.2. The number of aromatic nitrogens is 4. The van der Waals surface area contributed by atoms with Crippen LogP contribution in [0.3, 0.4) is 0 Å². The molecule has 4 aromatic rings. The molecule has 0 saturated heterocycles. The first-order valence-corrected chi connectivity index (χ1v) is 8.43. The van der Waals surface area contributed by atoms with Gasteiger partial charge in [0.05, 0.1) is 11.7 Å². The maximum Gasteiger partial charge on any atom is 0.258 e. The number of benzene rings is 2. The van der Waals surface area contributed by atoms with Crippen LogP contribution >= 0.6 is 0 Å². The highest BCUT2D eigenvalue weighted by atomic mass is 16.5. The van der Waals surface area contributed by atoms with Crippen molar-refractivity contribution in [3.8, 4) is 11.4 Å². The van der Waals surface area contributed by atoms with E-state index in [2.05, 4.69) is 20.8 Å². The Hall–Kier alpha value is -3.68. The summed E-state index contributed by atoms with van der Waals surface area (Å²) in [5, 5.41) is 14.9. The number of para-hydroxylation sites is 1. The van der Waals surface area contributed by atoms with E-state index in [9.17, 15) is 4.79 Å². The van der Waals surface area contributed by atoms with Gasteiger partial charge in [-0.15, -0.1) is 5.10 Å². The summed E-state index contributed by atoms with van der Waals surface area (Å²) in [6, 6.07) is 16.6. The third-order valence-electron chi connectivity index (χ3n) is 4.05. The first kappa shape index (κ1) is 16.8. The molecule has 27 heavy (non-hydrogen) atoms. The molecule has 2 aromatic carbocycles. The van der Waals surface area contributed by atoms with Crippen molar-refractivity contribution in [3.63, 3.8) is 0 Å². The zero-order valence-electron chi connectivity index (χ0n) is 14.6. The van der Waals surface area contributed by atoms with Crippen LogP contribution in [0, 0.1) is 0 Å². The number of hydrogen-bond acceptors (Lipinski definition) is 6. The van der Waals surface area contributed by atoms with Gasteiger partial charge in [-0.1, -0.05) is 24.3 Å². The van der Waals surface area contributed by atoms with E-state index in [-0.39, 0.29) is 18.6 Å². The fourth-order valence-electron chi connectivity index (χ4n) is 2.71. The van der Waals surface area contributed by atoms with Gasteiger partial charge < -0.3 is 14.5 Å². The molecule has 1 N–H and O–H groups in total. The van der Waals surface area contributed by atoms with Crippen LogP contribution in [0.4, 0.5) is 0 Å². The van der Waals surface area contributed by atoms with E-state index >= 15 is 0 Å². The first-order valence-electron chi connectivity index (χ1n) is 8.43. The zero-order valence-corrected chi connectivity index (χ0v) is 14.6. The predicted octanol–water partition coefficient (Wildman–Crippen LogP) is 2.66. The number of carbonyl (C=O) groups is 1. The highest BCUT2D eigenvalue weighted by Gasteiger charge is 2.14. The van der Waals surface area contributed by atoms with Crippen LogP contribution in [0.5, 0.6) is 5.75 Å². The molecule has 0 aliphatic carbocycles. The number of hydrogen-bond donors (Lipinski definition) is 1. The van der Waals surface area contributed by atoms with Gasteiger partial charge in [-0.3, -0.25) is 4.79 Å². The Morgan fingerprint density at radius 1 is 1.22 bits per heavy atom. The van der Waals surface area contributed by atoms with Crippen molar-refractivity contribution >= 4 is 16.9 Å². The largest absolute Gasteiger partial charge is 0.484 e. The zero-order chi connectivity index (χ0) is 18.6. The molecule has 0 spiro atoms. The third-order valence-corrected chi connectivity index (χ3v) is 4.05. The Morgan fingerprint density at radius 2 is 2.11 bits per heavy atom. The highest BCUT2D eigenvalue weighted by molar-refractivity contribution is 5.79. The van der Waals surface area contributed by atoms with Gasteiger partial charge in [0.2, 0.25) is 0 Å². The van der Waals surface area contributed by atoms with E-state index in [0.717, 1.165) is 16.7 Å². The summed E-state index contributed by atoms with van der Waals surface area (Å²) in [5.41, 5.74) is 1.54. The molecule has 0 radical (unpaired) electrons. The average Bonchev–Trinajstić information content (AvgIpc) is 3.36. The lowest BCUT2D eigenvalue weighted by Crippen LogP contribution is -2.31. The minimum atomic E-state index is -0.263. The SMILES string of the molecule is C[C@H](NC(=O)COc1cccc(-n2cnnn2)c1)c1cc2ccccc2o1. The summed E-state index contributed by atoms with van der Waals surface area (Å²) in [7, 11) is 0. The van der Waals surface area contributed by atoms with Gasteiger partial charge >= 0.3 is 0 Å². The number of furan rings is 1. The van der Waals surface area contributed by atoms with Gasteiger partial charge in [0, 0.05) is 11.5 Å². The van der Waals surface area contributed by atoms with Crippen LogP contribution in [-0.2, 0) is 4.79 Å². The van der Waals surface area contributed by atoms with Gasteiger partial charge in [0.1, 0.15) is 23.4 Å². The summed E-state index contributed by atoms with van der Waals surface area (Å²) in [6.45, 7) is 1.76. The molecule has 1 atom stereocenters. The lowest BCUT2D eigenvalue weighted by atomic mass is 10.2. The smallest absolute Gasteiger partial charge is 0.258 e. The number of amides is 1. The number of rotatable bonds is 6. The van der Waals surface area contributed by atoms with E-state index < -0.39 is 0 Å². The Labute approximate surface area is 154 Å². The van der Waals surface area contributed by atoms with Gasteiger partial charge in [-0.25, -0.2) is 4.68 Å². The van der Waals surface area contributed by atoms with Crippen LogP contribution in [0.2, 0.25) is 0 Å². The number of nitrogens with zero attached hydrogens (tertiary/aromatic N) is 4. The fourth-order valence-corrected chi connectivity index (χ4v) is 2.71. The predicted molar refractivity (Wildman–Crippen MR) is 97.4 cm³/mol. The Kier molecular flexibility index (Phi) is 4.52. The summed E-state index contributed by atoms with van der Waals surface area (Å²) < 4.78 is 12.9. The van der Waals surface area contributed by atoms with E-state index in [0.29, 0.717) is 11.5 Å². The summed E-state index contributed by atoms with van der Waals surface area (Å²) in [6.07, 6.45) is 1.49. The van der Waals surface area contributed by atoms with Crippen LogP contribution in [-0.4, -0.2) is 32.7 Å². The van der Waals surface area contributed by atoms with Gasteiger partial charge in [0.15, 0.2) is 6.61 Å². The molecule has 0 aliphatic heterocycles. The second-order valence-corrected chi connectivity index (χ2v) is 6.02. The molecule has 0 fully saturated rings. The molecule has 8 nitrogen and oxygen atoms in total. The highest BCUT2D eigenvalue weighted by Crippen LogP contribution is 2.23. The summed E-state index contributed by atoms with van der Waals surface area (Å²) in [5.74, 6) is 1.01. The van der Waals surface area contributed by atoms with Crippen molar-refractivity contribution in [1.82, 2.24) is 25.5 Å². The Bertz CT molecular complexity index is 1030. The van der Waals surface area contributed by atoms with Crippen molar-refractivity contribution < 1.29 is 13.9 Å². The molecule has 1 amide bonds. The molecule has 136 valence electrons. The molecule has 4 rings (SSSR count). The molecular formula is C19H17N5O3. The molecular weight excluding hydrogens is 346 g/mol. The molecule has 8 heteroatoms. The van der Waals surface area contributed by atoms with Crippen LogP contribution in [0.25, 0.3) is 16.7 Å². The standard InChI is InChI=1S/C19H17N5O3/c1-13(18-9-14-5-2-3-8-17(14)27-18)21-19(25)11-26-16-7-4-6-15(10-16)24-12-20-22-23-24/h2-10,12-13H,11H2,1H3,(H,21,25)/t13-/m0/s1. The van der Waals surface area contributed by atoms with Gasteiger partial charge in [0.25, 0.3) is 5.91 Å². The van der Waals surface area contributed by atoms with E-state index in [1.54, 1.807) is 18.2 Å². The van der Waals surface area contributed by atoms with E-state index in [1.807, 2.05) is 43.3 Å². The second kappa shape index (κ2) is 7.28. The molecule has 2 heterocycles. The van der Waals surface area contributed by atoms with Gasteiger partial charge in [-0.2, -0.15) is 0 Å². The molecule has 0 aliphatic rings. The molecule has 2 aromatic heterocycles.